The Morgan fingerprint density at radius 2 is 1.79 bits per heavy atom. The van der Waals surface area contributed by atoms with Crippen LogP contribution >= 0.6 is 11.8 Å². The lowest BCUT2D eigenvalue weighted by Gasteiger charge is -2.08. The van der Waals surface area contributed by atoms with Gasteiger partial charge in [-0.25, -0.2) is 0 Å². The zero-order valence-electron chi connectivity index (χ0n) is 9.29. The molecule has 0 amide bonds. The smallest absolute Gasteiger partial charge is 0.00721 e. The second-order valence-corrected chi connectivity index (χ2v) is 4.99. The standard InChI is InChI=1S/C12H19NS/c1-11-5-7-12(8-6-11)14-10-4-9-13(2)3/h5-8H,4,9-10H2,1-3H3. The minimum atomic E-state index is 1.18. The zero-order chi connectivity index (χ0) is 10.4. The van der Waals surface area contributed by atoms with Gasteiger partial charge >= 0.3 is 0 Å². The SMILES string of the molecule is Cc1ccc(SCCCN(C)C)cc1. The summed E-state index contributed by atoms with van der Waals surface area (Å²) in [6.45, 7) is 3.30. The first kappa shape index (κ1) is 11.6. The van der Waals surface area contributed by atoms with Crippen molar-refractivity contribution in [2.24, 2.45) is 0 Å². The van der Waals surface area contributed by atoms with E-state index < -0.39 is 0 Å². The summed E-state index contributed by atoms with van der Waals surface area (Å²) in [4.78, 5) is 3.62. The van der Waals surface area contributed by atoms with Gasteiger partial charge < -0.3 is 4.90 Å². The number of nitrogens with zero attached hydrogens (tertiary/aromatic N) is 1. The Morgan fingerprint density at radius 3 is 2.36 bits per heavy atom. The van der Waals surface area contributed by atoms with Crippen molar-refractivity contribution < 1.29 is 0 Å². The van der Waals surface area contributed by atoms with E-state index in [0.29, 0.717) is 0 Å². The molecule has 1 nitrogen and oxygen atoms in total. The lowest BCUT2D eigenvalue weighted by molar-refractivity contribution is 0.410. The van der Waals surface area contributed by atoms with Gasteiger partial charge in [-0.05, 0) is 51.9 Å². The van der Waals surface area contributed by atoms with E-state index in [0.717, 1.165) is 0 Å². The van der Waals surface area contributed by atoms with Gasteiger partial charge in [-0.3, -0.25) is 0 Å². The molecule has 0 saturated heterocycles. The van der Waals surface area contributed by atoms with Crippen molar-refractivity contribution in [3.63, 3.8) is 0 Å². The summed E-state index contributed by atoms with van der Waals surface area (Å²) >= 11 is 1.94. The lowest BCUT2D eigenvalue weighted by atomic mass is 10.2. The highest BCUT2D eigenvalue weighted by molar-refractivity contribution is 7.99. The third kappa shape index (κ3) is 4.68. The van der Waals surface area contributed by atoms with Crippen molar-refractivity contribution in [1.29, 1.82) is 0 Å². The highest BCUT2D eigenvalue weighted by atomic mass is 32.2. The van der Waals surface area contributed by atoms with E-state index in [9.17, 15) is 0 Å². The van der Waals surface area contributed by atoms with Crippen molar-refractivity contribution in [3.05, 3.63) is 29.8 Å². The minimum absolute atomic E-state index is 1.18. The van der Waals surface area contributed by atoms with Gasteiger partial charge in [0.05, 0.1) is 0 Å². The molecule has 0 radical (unpaired) electrons. The predicted molar refractivity (Wildman–Crippen MR) is 65.1 cm³/mol. The first-order chi connectivity index (χ1) is 6.68. The molecule has 1 aromatic carbocycles. The van der Waals surface area contributed by atoms with Gasteiger partial charge in [-0.2, -0.15) is 0 Å². The molecule has 0 spiro atoms. The average molecular weight is 209 g/mol. The Kier molecular flexibility index (Phi) is 5.05. The van der Waals surface area contributed by atoms with E-state index in [2.05, 4.69) is 50.2 Å². The van der Waals surface area contributed by atoms with Crippen LogP contribution in [0.4, 0.5) is 0 Å². The molecule has 1 rings (SSSR count). The molecule has 0 atom stereocenters. The number of rotatable bonds is 5. The molecule has 0 aromatic heterocycles. The molecule has 0 heterocycles. The largest absolute Gasteiger partial charge is 0.309 e. The Bertz CT molecular complexity index is 254. The van der Waals surface area contributed by atoms with Crippen LogP contribution in [0.1, 0.15) is 12.0 Å². The summed E-state index contributed by atoms with van der Waals surface area (Å²) in [5, 5.41) is 0. The Balaban J connectivity index is 2.21. The van der Waals surface area contributed by atoms with E-state index >= 15 is 0 Å². The summed E-state index contributed by atoms with van der Waals surface area (Å²) in [7, 11) is 4.24. The van der Waals surface area contributed by atoms with Crippen LogP contribution in [0.3, 0.4) is 0 Å². The maximum atomic E-state index is 2.23. The molecule has 0 saturated carbocycles. The molecule has 0 fully saturated rings. The van der Waals surface area contributed by atoms with E-state index in [1.54, 1.807) is 0 Å². The van der Waals surface area contributed by atoms with Crippen LogP contribution in [0.15, 0.2) is 29.2 Å². The maximum absolute atomic E-state index is 2.23. The van der Waals surface area contributed by atoms with Crippen LogP contribution in [0, 0.1) is 6.92 Å². The molecular weight excluding hydrogens is 190 g/mol. The molecule has 1 aromatic rings. The molecule has 0 aliphatic rings. The summed E-state index contributed by atoms with van der Waals surface area (Å²) in [6, 6.07) is 8.76. The van der Waals surface area contributed by atoms with Gasteiger partial charge in [0, 0.05) is 4.90 Å². The first-order valence-corrected chi connectivity index (χ1v) is 6.01. The highest BCUT2D eigenvalue weighted by Crippen LogP contribution is 2.18. The quantitative estimate of drug-likeness (QED) is 0.541. The monoisotopic (exact) mass is 209 g/mol. The number of aryl methyl sites for hydroxylation is 1. The molecule has 0 N–H and O–H groups in total. The minimum Gasteiger partial charge on any atom is -0.309 e. The summed E-state index contributed by atoms with van der Waals surface area (Å²) in [5.41, 5.74) is 1.34. The number of benzene rings is 1. The summed E-state index contributed by atoms with van der Waals surface area (Å²) in [6.07, 6.45) is 1.26. The van der Waals surface area contributed by atoms with Crippen molar-refractivity contribution in [2.75, 3.05) is 26.4 Å². The fourth-order valence-corrected chi connectivity index (χ4v) is 2.04. The van der Waals surface area contributed by atoms with E-state index in [-0.39, 0.29) is 0 Å². The fraction of sp³-hybridized carbons (Fsp3) is 0.500. The second-order valence-electron chi connectivity index (χ2n) is 3.82. The van der Waals surface area contributed by atoms with Gasteiger partial charge in [0.1, 0.15) is 0 Å². The molecule has 0 aliphatic carbocycles. The van der Waals surface area contributed by atoms with Crippen LogP contribution in [0.2, 0.25) is 0 Å². The Morgan fingerprint density at radius 1 is 1.14 bits per heavy atom. The second kappa shape index (κ2) is 6.10. The highest BCUT2D eigenvalue weighted by Gasteiger charge is 1.94. The molecule has 78 valence electrons. The van der Waals surface area contributed by atoms with Gasteiger partial charge in [0.25, 0.3) is 0 Å². The number of hydrogen-bond donors (Lipinski definition) is 0. The first-order valence-electron chi connectivity index (χ1n) is 5.02. The zero-order valence-corrected chi connectivity index (χ0v) is 10.1. The van der Waals surface area contributed by atoms with Gasteiger partial charge in [0.15, 0.2) is 0 Å². The van der Waals surface area contributed by atoms with Gasteiger partial charge in [0.2, 0.25) is 0 Å². The van der Waals surface area contributed by atoms with Crippen LogP contribution in [0.25, 0.3) is 0 Å². The third-order valence-electron chi connectivity index (χ3n) is 2.04. The van der Waals surface area contributed by atoms with Crippen LogP contribution in [0.5, 0.6) is 0 Å². The molecule has 0 unspecified atom stereocenters. The van der Waals surface area contributed by atoms with Crippen molar-refractivity contribution in [3.8, 4) is 0 Å². The summed E-state index contributed by atoms with van der Waals surface area (Å²) < 4.78 is 0. The molecule has 2 heteroatoms. The van der Waals surface area contributed by atoms with E-state index in [1.165, 1.54) is 29.2 Å². The predicted octanol–water partition coefficient (Wildman–Crippen LogP) is 3.04. The normalized spacial score (nSPS) is 10.9. The topological polar surface area (TPSA) is 3.24 Å². The van der Waals surface area contributed by atoms with E-state index in [4.69, 9.17) is 0 Å². The third-order valence-corrected chi connectivity index (χ3v) is 3.14. The van der Waals surface area contributed by atoms with Crippen molar-refractivity contribution >= 4 is 11.8 Å². The van der Waals surface area contributed by atoms with E-state index in [1.807, 2.05) is 11.8 Å². The maximum Gasteiger partial charge on any atom is 0.00721 e. The molecule has 14 heavy (non-hydrogen) atoms. The van der Waals surface area contributed by atoms with Gasteiger partial charge in [-0.15, -0.1) is 11.8 Å². The Labute approximate surface area is 91.5 Å². The average Bonchev–Trinajstić information content (AvgIpc) is 2.15. The van der Waals surface area contributed by atoms with Crippen LogP contribution < -0.4 is 0 Å². The van der Waals surface area contributed by atoms with Crippen molar-refractivity contribution in [2.45, 2.75) is 18.2 Å². The van der Waals surface area contributed by atoms with Gasteiger partial charge in [-0.1, -0.05) is 17.7 Å². The summed E-state index contributed by atoms with van der Waals surface area (Å²) in [5.74, 6) is 1.21. The molecular formula is C12H19NS. The van der Waals surface area contributed by atoms with Crippen LogP contribution in [-0.4, -0.2) is 31.3 Å². The molecule has 0 aliphatic heterocycles. The van der Waals surface area contributed by atoms with Crippen LogP contribution in [-0.2, 0) is 0 Å². The number of hydrogen-bond acceptors (Lipinski definition) is 2. The fourth-order valence-electron chi connectivity index (χ4n) is 1.21. The Hall–Kier alpha value is -0.470. The lowest BCUT2D eigenvalue weighted by Crippen LogP contribution is -2.13. The van der Waals surface area contributed by atoms with Crippen molar-refractivity contribution in [1.82, 2.24) is 4.90 Å². The number of thioether (sulfide) groups is 1. The molecule has 0 bridgehead atoms.